The van der Waals surface area contributed by atoms with Gasteiger partial charge in [0.2, 0.25) is 10.0 Å². The van der Waals surface area contributed by atoms with Crippen LogP contribution in [-0.2, 0) is 10.0 Å². The van der Waals surface area contributed by atoms with E-state index >= 15 is 0 Å². The van der Waals surface area contributed by atoms with Crippen LogP contribution in [0.15, 0.2) is 66.7 Å². The van der Waals surface area contributed by atoms with E-state index in [0.717, 1.165) is 17.0 Å². The maximum Gasteiger partial charge on any atom is 0.323 e. The van der Waals surface area contributed by atoms with E-state index in [1.807, 2.05) is 42.5 Å². The molecule has 128 valence electrons. The molecule has 3 N–H and O–H groups in total. The van der Waals surface area contributed by atoms with Crippen LogP contribution < -0.4 is 15.4 Å². The highest BCUT2D eigenvalue weighted by atomic mass is 32.2. The molecule has 3 rings (SSSR count). The second-order valence-electron chi connectivity index (χ2n) is 5.56. The fourth-order valence-corrected chi connectivity index (χ4v) is 3.02. The molecule has 0 aliphatic carbocycles. The van der Waals surface area contributed by atoms with Gasteiger partial charge in [-0.05, 0) is 35.7 Å². The van der Waals surface area contributed by atoms with E-state index in [1.165, 1.54) is 0 Å². The first-order valence-electron chi connectivity index (χ1n) is 7.54. The number of carbonyl (C=O) groups is 1. The number of benzene rings is 3. The van der Waals surface area contributed by atoms with Crippen LogP contribution in [0.4, 0.5) is 21.9 Å². The monoisotopic (exact) mass is 355 g/mol. The number of hydrogen-bond donors (Lipinski definition) is 3. The average molecular weight is 355 g/mol. The van der Waals surface area contributed by atoms with Gasteiger partial charge in [-0.1, -0.05) is 36.4 Å². The Morgan fingerprint density at radius 3 is 2.16 bits per heavy atom. The summed E-state index contributed by atoms with van der Waals surface area (Å²) in [5.74, 6) is 0. The van der Waals surface area contributed by atoms with Crippen LogP contribution in [0, 0.1) is 0 Å². The molecule has 3 aromatic carbocycles. The second kappa shape index (κ2) is 6.82. The van der Waals surface area contributed by atoms with Crippen molar-refractivity contribution in [2.75, 3.05) is 21.6 Å². The number of fused-ring (bicyclic) bond motifs is 1. The summed E-state index contributed by atoms with van der Waals surface area (Å²) in [7, 11) is -3.32. The molecule has 0 aromatic heterocycles. The summed E-state index contributed by atoms with van der Waals surface area (Å²) in [5.41, 5.74) is 1.70. The molecule has 0 fully saturated rings. The molecular formula is C18H17N3O3S. The van der Waals surface area contributed by atoms with E-state index in [2.05, 4.69) is 15.4 Å². The lowest BCUT2D eigenvalue weighted by atomic mass is 10.1. The van der Waals surface area contributed by atoms with E-state index in [-0.39, 0.29) is 6.03 Å². The molecule has 3 aromatic rings. The third-order valence-electron chi connectivity index (χ3n) is 3.48. The highest BCUT2D eigenvalue weighted by Gasteiger charge is 2.06. The van der Waals surface area contributed by atoms with Gasteiger partial charge in [0.05, 0.1) is 11.9 Å². The molecular weight excluding hydrogens is 338 g/mol. The molecule has 0 spiro atoms. The van der Waals surface area contributed by atoms with Crippen molar-refractivity contribution in [2.24, 2.45) is 0 Å². The summed E-state index contributed by atoms with van der Waals surface area (Å²) in [6.07, 6.45) is 1.08. The molecule has 0 aliphatic rings. The molecule has 0 unspecified atom stereocenters. The van der Waals surface area contributed by atoms with Crippen molar-refractivity contribution < 1.29 is 13.2 Å². The predicted molar refractivity (Wildman–Crippen MR) is 101 cm³/mol. The minimum absolute atomic E-state index is 0.375. The Bertz CT molecular complexity index is 1010. The van der Waals surface area contributed by atoms with Crippen LogP contribution in [0.3, 0.4) is 0 Å². The van der Waals surface area contributed by atoms with Crippen molar-refractivity contribution in [3.63, 3.8) is 0 Å². The summed E-state index contributed by atoms with van der Waals surface area (Å²) in [6.45, 7) is 0. The average Bonchev–Trinajstić information content (AvgIpc) is 2.56. The van der Waals surface area contributed by atoms with Gasteiger partial charge >= 0.3 is 6.03 Å². The minimum Gasteiger partial charge on any atom is -0.308 e. The molecule has 25 heavy (non-hydrogen) atoms. The fourth-order valence-electron chi connectivity index (χ4n) is 2.45. The Morgan fingerprint density at radius 2 is 1.44 bits per heavy atom. The second-order valence-corrected chi connectivity index (χ2v) is 7.31. The van der Waals surface area contributed by atoms with Crippen LogP contribution in [0.25, 0.3) is 10.8 Å². The van der Waals surface area contributed by atoms with Gasteiger partial charge in [0.25, 0.3) is 0 Å². The normalized spacial score (nSPS) is 11.1. The van der Waals surface area contributed by atoms with Crippen molar-refractivity contribution in [3.8, 4) is 0 Å². The van der Waals surface area contributed by atoms with Gasteiger partial charge in [0.1, 0.15) is 0 Å². The van der Waals surface area contributed by atoms with Gasteiger partial charge in [0.15, 0.2) is 0 Å². The van der Waals surface area contributed by atoms with E-state index in [9.17, 15) is 13.2 Å². The summed E-state index contributed by atoms with van der Waals surface area (Å²) in [5, 5.41) is 7.53. The first-order chi connectivity index (χ1) is 11.9. The van der Waals surface area contributed by atoms with Crippen molar-refractivity contribution >= 4 is 43.9 Å². The van der Waals surface area contributed by atoms with Crippen molar-refractivity contribution in [1.29, 1.82) is 0 Å². The van der Waals surface area contributed by atoms with Crippen LogP contribution in [0.2, 0.25) is 0 Å². The summed E-state index contributed by atoms with van der Waals surface area (Å²) in [4.78, 5) is 12.2. The third kappa shape index (κ3) is 4.48. The Morgan fingerprint density at radius 1 is 0.800 bits per heavy atom. The van der Waals surface area contributed by atoms with Crippen molar-refractivity contribution in [3.05, 3.63) is 66.7 Å². The molecule has 2 amide bonds. The largest absolute Gasteiger partial charge is 0.323 e. The number of nitrogens with one attached hydrogen (secondary N) is 3. The fraction of sp³-hybridized carbons (Fsp3) is 0.0556. The van der Waals surface area contributed by atoms with E-state index in [0.29, 0.717) is 17.1 Å². The maximum atomic E-state index is 12.2. The number of carbonyl (C=O) groups excluding carboxylic acids is 1. The number of anilines is 3. The van der Waals surface area contributed by atoms with Gasteiger partial charge < -0.3 is 10.6 Å². The van der Waals surface area contributed by atoms with Crippen LogP contribution >= 0.6 is 0 Å². The Balaban J connectivity index is 1.70. The topological polar surface area (TPSA) is 87.3 Å². The first kappa shape index (κ1) is 16.8. The van der Waals surface area contributed by atoms with E-state index in [1.54, 1.807) is 24.3 Å². The molecule has 0 heterocycles. The predicted octanol–water partition coefficient (Wildman–Crippen LogP) is 3.86. The zero-order chi connectivity index (χ0) is 17.9. The van der Waals surface area contributed by atoms with E-state index < -0.39 is 10.0 Å². The molecule has 0 radical (unpaired) electrons. The van der Waals surface area contributed by atoms with Gasteiger partial charge in [-0.2, -0.15) is 0 Å². The quantitative estimate of drug-likeness (QED) is 0.664. The highest BCUT2D eigenvalue weighted by molar-refractivity contribution is 7.92. The number of amides is 2. The lowest BCUT2D eigenvalue weighted by Crippen LogP contribution is -2.19. The highest BCUT2D eigenvalue weighted by Crippen LogP contribution is 2.23. The van der Waals surface area contributed by atoms with Crippen molar-refractivity contribution in [1.82, 2.24) is 0 Å². The van der Waals surface area contributed by atoms with Gasteiger partial charge in [-0.25, -0.2) is 13.2 Å². The summed E-state index contributed by atoms with van der Waals surface area (Å²) < 4.78 is 24.7. The Hall–Kier alpha value is -3.06. The SMILES string of the molecule is CS(=O)(=O)Nc1ccc(NC(=O)Nc2cccc3ccccc23)cc1. The first-order valence-corrected chi connectivity index (χ1v) is 9.43. The minimum atomic E-state index is -3.32. The Kier molecular flexibility index (Phi) is 4.58. The van der Waals surface area contributed by atoms with Gasteiger partial charge in [0, 0.05) is 16.8 Å². The number of urea groups is 1. The van der Waals surface area contributed by atoms with Crippen LogP contribution in [0.5, 0.6) is 0 Å². The summed E-state index contributed by atoms with van der Waals surface area (Å²) >= 11 is 0. The summed E-state index contributed by atoms with van der Waals surface area (Å²) in [6, 6.07) is 19.5. The standard InChI is InChI=1S/C18H17N3O3S/c1-25(23,24)21-15-11-9-14(10-12-15)19-18(22)20-17-8-4-6-13-5-2-3-7-16(13)17/h2-12,21H,1H3,(H2,19,20,22). The molecule has 6 nitrogen and oxygen atoms in total. The van der Waals surface area contributed by atoms with E-state index in [4.69, 9.17) is 0 Å². The van der Waals surface area contributed by atoms with Crippen LogP contribution in [0.1, 0.15) is 0 Å². The number of rotatable bonds is 4. The molecule has 0 saturated carbocycles. The van der Waals surface area contributed by atoms with Crippen LogP contribution in [-0.4, -0.2) is 20.7 Å². The zero-order valence-electron chi connectivity index (χ0n) is 13.5. The molecule has 0 saturated heterocycles. The Labute approximate surface area is 145 Å². The molecule has 0 bridgehead atoms. The smallest absolute Gasteiger partial charge is 0.308 e. The third-order valence-corrected chi connectivity index (χ3v) is 4.09. The zero-order valence-corrected chi connectivity index (χ0v) is 14.3. The maximum absolute atomic E-state index is 12.2. The van der Waals surface area contributed by atoms with Gasteiger partial charge in [-0.3, -0.25) is 4.72 Å². The molecule has 0 atom stereocenters. The lowest BCUT2D eigenvalue weighted by molar-refractivity contribution is 0.262. The lowest BCUT2D eigenvalue weighted by Gasteiger charge is -2.11. The molecule has 0 aliphatic heterocycles. The number of sulfonamides is 1. The molecule has 7 heteroatoms. The number of hydrogen-bond acceptors (Lipinski definition) is 3. The van der Waals surface area contributed by atoms with Gasteiger partial charge in [-0.15, -0.1) is 0 Å². The van der Waals surface area contributed by atoms with Crippen molar-refractivity contribution in [2.45, 2.75) is 0 Å².